The monoisotopic (exact) mass is 440 g/mol. The minimum Gasteiger partial charge on any atom is -0.484 e. The molecule has 1 fully saturated rings. The summed E-state index contributed by atoms with van der Waals surface area (Å²) >= 11 is 0. The summed E-state index contributed by atoms with van der Waals surface area (Å²) in [6, 6.07) is 11.4. The highest BCUT2D eigenvalue weighted by Crippen LogP contribution is 2.26. The molecule has 1 heterocycles. The van der Waals surface area contributed by atoms with Crippen LogP contribution in [0.1, 0.15) is 19.4 Å². The SMILES string of the molecule is C[C@@H]1CN(Cc2ccc(F)cc2)[C@@H](C)CN1C(=O)COc1cccc(OC(F)(F)F)c1. The van der Waals surface area contributed by atoms with Gasteiger partial charge in [-0.3, -0.25) is 9.69 Å². The molecule has 0 spiro atoms. The number of piperazine rings is 1. The van der Waals surface area contributed by atoms with Gasteiger partial charge in [-0.2, -0.15) is 0 Å². The van der Waals surface area contributed by atoms with Crippen LogP contribution < -0.4 is 9.47 Å². The number of nitrogens with zero attached hydrogens (tertiary/aromatic N) is 2. The number of alkyl halides is 3. The Kier molecular flexibility index (Phi) is 7.04. The molecule has 5 nitrogen and oxygen atoms in total. The van der Waals surface area contributed by atoms with Crippen molar-refractivity contribution in [1.82, 2.24) is 9.80 Å². The number of halogens is 4. The fraction of sp³-hybridized carbons (Fsp3) is 0.409. The summed E-state index contributed by atoms with van der Waals surface area (Å²) in [5.74, 6) is -0.821. The predicted octanol–water partition coefficient (Wildman–Crippen LogP) is 4.22. The summed E-state index contributed by atoms with van der Waals surface area (Å²) in [5, 5.41) is 0. The minimum atomic E-state index is -4.80. The van der Waals surface area contributed by atoms with Crippen molar-refractivity contribution < 1.29 is 31.8 Å². The molecule has 2 atom stereocenters. The highest BCUT2D eigenvalue weighted by molar-refractivity contribution is 5.78. The summed E-state index contributed by atoms with van der Waals surface area (Å²) in [6.07, 6.45) is -4.80. The van der Waals surface area contributed by atoms with Gasteiger partial charge in [0.25, 0.3) is 5.91 Å². The van der Waals surface area contributed by atoms with Gasteiger partial charge in [0.2, 0.25) is 0 Å². The van der Waals surface area contributed by atoms with Crippen LogP contribution >= 0.6 is 0 Å². The lowest BCUT2D eigenvalue weighted by molar-refractivity contribution is -0.274. The summed E-state index contributed by atoms with van der Waals surface area (Å²) in [5.41, 5.74) is 0.990. The minimum absolute atomic E-state index is 0.0763. The van der Waals surface area contributed by atoms with E-state index in [9.17, 15) is 22.4 Å². The van der Waals surface area contributed by atoms with Crippen molar-refractivity contribution in [2.45, 2.75) is 38.8 Å². The molecule has 0 aliphatic carbocycles. The highest BCUT2D eigenvalue weighted by Gasteiger charge is 2.33. The standard InChI is InChI=1S/C22H24F4N2O3/c1-15-12-28(16(2)11-27(15)13-17-6-8-18(23)9-7-17)21(29)14-30-19-4-3-5-20(10-19)31-22(24,25)26/h3-10,15-16H,11-14H2,1-2H3/t15-,16+/m0/s1. The van der Waals surface area contributed by atoms with Gasteiger partial charge >= 0.3 is 6.36 Å². The number of carbonyl (C=O) groups is 1. The molecule has 0 unspecified atom stereocenters. The van der Waals surface area contributed by atoms with Crippen LogP contribution in [0.25, 0.3) is 0 Å². The fourth-order valence-electron chi connectivity index (χ4n) is 3.58. The maximum atomic E-state index is 13.1. The molecular weight excluding hydrogens is 416 g/mol. The van der Waals surface area contributed by atoms with E-state index in [4.69, 9.17) is 4.74 Å². The maximum Gasteiger partial charge on any atom is 0.573 e. The first-order chi connectivity index (χ1) is 14.6. The second-order valence-electron chi connectivity index (χ2n) is 7.61. The van der Waals surface area contributed by atoms with Gasteiger partial charge in [0.1, 0.15) is 17.3 Å². The molecule has 1 aliphatic rings. The Bertz CT molecular complexity index is 889. The molecule has 2 aromatic rings. The van der Waals surface area contributed by atoms with Crippen molar-refractivity contribution in [1.29, 1.82) is 0 Å². The van der Waals surface area contributed by atoms with Gasteiger partial charge in [-0.05, 0) is 43.7 Å². The third kappa shape index (κ3) is 6.58. The third-order valence-corrected chi connectivity index (χ3v) is 5.14. The predicted molar refractivity (Wildman–Crippen MR) is 106 cm³/mol. The van der Waals surface area contributed by atoms with E-state index in [-0.39, 0.29) is 36.2 Å². The van der Waals surface area contributed by atoms with Gasteiger partial charge in [0, 0.05) is 37.8 Å². The van der Waals surface area contributed by atoms with Crippen molar-refractivity contribution in [2.75, 3.05) is 19.7 Å². The maximum absolute atomic E-state index is 13.1. The molecular formula is C22H24F4N2O3. The Labute approximate surface area is 178 Å². The van der Waals surface area contributed by atoms with Crippen molar-refractivity contribution in [3.05, 3.63) is 59.9 Å². The van der Waals surface area contributed by atoms with Crippen molar-refractivity contribution in [2.24, 2.45) is 0 Å². The highest BCUT2D eigenvalue weighted by atomic mass is 19.4. The van der Waals surface area contributed by atoms with Crippen LogP contribution in [0.15, 0.2) is 48.5 Å². The van der Waals surface area contributed by atoms with Crippen LogP contribution in [0.3, 0.4) is 0 Å². The fourth-order valence-corrected chi connectivity index (χ4v) is 3.58. The zero-order valence-electron chi connectivity index (χ0n) is 17.2. The van der Waals surface area contributed by atoms with Crippen molar-refractivity contribution in [3.8, 4) is 11.5 Å². The van der Waals surface area contributed by atoms with E-state index < -0.39 is 12.1 Å². The molecule has 0 radical (unpaired) electrons. The van der Waals surface area contributed by atoms with Crippen LogP contribution in [0.4, 0.5) is 17.6 Å². The van der Waals surface area contributed by atoms with E-state index >= 15 is 0 Å². The lowest BCUT2D eigenvalue weighted by Gasteiger charge is -2.44. The Morgan fingerprint density at radius 3 is 2.39 bits per heavy atom. The first-order valence-electron chi connectivity index (χ1n) is 9.87. The van der Waals surface area contributed by atoms with E-state index in [0.29, 0.717) is 19.6 Å². The average molecular weight is 440 g/mol. The first kappa shape index (κ1) is 22.9. The molecule has 168 valence electrons. The number of hydrogen-bond acceptors (Lipinski definition) is 4. The second kappa shape index (κ2) is 9.55. The molecule has 0 bridgehead atoms. The summed E-state index contributed by atoms with van der Waals surface area (Å²) in [6.45, 7) is 5.43. The van der Waals surface area contributed by atoms with Gasteiger partial charge in [-0.15, -0.1) is 13.2 Å². The molecule has 0 aromatic heterocycles. The van der Waals surface area contributed by atoms with Gasteiger partial charge < -0.3 is 14.4 Å². The summed E-state index contributed by atoms with van der Waals surface area (Å²) in [7, 11) is 0. The Balaban J connectivity index is 1.54. The first-order valence-corrected chi connectivity index (χ1v) is 9.87. The van der Waals surface area contributed by atoms with E-state index in [1.165, 1.54) is 24.3 Å². The summed E-state index contributed by atoms with van der Waals surface area (Å²) in [4.78, 5) is 16.6. The second-order valence-corrected chi connectivity index (χ2v) is 7.61. The van der Waals surface area contributed by atoms with Crippen LogP contribution in [0.2, 0.25) is 0 Å². The molecule has 9 heteroatoms. The van der Waals surface area contributed by atoms with Crippen LogP contribution in [-0.2, 0) is 11.3 Å². The number of ether oxygens (including phenoxy) is 2. The largest absolute Gasteiger partial charge is 0.573 e. The number of rotatable bonds is 6. The van der Waals surface area contributed by atoms with Gasteiger partial charge in [-0.1, -0.05) is 18.2 Å². The zero-order valence-corrected chi connectivity index (χ0v) is 17.2. The molecule has 1 amide bonds. The summed E-state index contributed by atoms with van der Waals surface area (Å²) < 4.78 is 59.4. The Hall–Kier alpha value is -2.81. The lowest BCUT2D eigenvalue weighted by Crippen LogP contribution is -2.58. The number of carbonyl (C=O) groups excluding carboxylic acids is 1. The smallest absolute Gasteiger partial charge is 0.484 e. The molecule has 0 saturated carbocycles. The Morgan fingerprint density at radius 1 is 1.03 bits per heavy atom. The van der Waals surface area contributed by atoms with E-state index in [2.05, 4.69) is 9.64 Å². The lowest BCUT2D eigenvalue weighted by atomic mass is 10.1. The van der Waals surface area contributed by atoms with Crippen LogP contribution in [-0.4, -0.2) is 53.8 Å². The normalized spacial score (nSPS) is 19.9. The van der Waals surface area contributed by atoms with Gasteiger partial charge in [0.05, 0.1) is 0 Å². The topological polar surface area (TPSA) is 42.0 Å². The molecule has 0 N–H and O–H groups in total. The van der Waals surface area contributed by atoms with Crippen molar-refractivity contribution in [3.63, 3.8) is 0 Å². The average Bonchev–Trinajstić information content (AvgIpc) is 2.69. The number of hydrogen-bond donors (Lipinski definition) is 0. The Morgan fingerprint density at radius 2 is 1.71 bits per heavy atom. The number of benzene rings is 2. The van der Waals surface area contributed by atoms with Crippen LogP contribution in [0.5, 0.6) is 11.5 Å². The molecule has 2 aromatic carbocycles. The van der Waals surface area contributed by atoms with E-state index in [1.807, 2.05) is 13.8 Å². The molecule has 31 heavy (non-hydrogen) atoms. The molecule has 1 saturated heterocycles. The number of amides is 1. The molecule has 1 aliphatic heterocycles. The zero-order chi connectivity index (χ0) is 22.6. The quantitative estimate of drug-likeness (QED) is 0.631. The van der Waals surface area contributed by atoms with Gasteiger partial charge in [0.15, 0.2) is 6.61 Å². The third-order valence-electron chi connectivity index (χ3n) is 5.14. The molecule has 3 rings (SSSR count). The van der Waals surface area contributed by atoms with E-state index in [0.717, 1.165) is 17.7 Å². The van der Waals surface area contributed by atoms with Crippen molar-refractivity contribution >= 4 is 5.91 Å². The van der Waals surface area contributed by atoms with Crippen LogP contribution in [0, 0.1) is 5.82 Å². The van der Waals surface area contributed by atoms with Gasteiger partial charge in [-0.25, -0.2) is 4.39 Å². The van der Waals surface area contributed by atoms with E-state index in [1.54, 1.807) is 17.0 Å².